The summed E-state index contributed by atoms with van der Waals surface area (Å²) >= 11 is 3.39. The molecule has 0 aliphatic carbocycles. The van der Waals surface area contributed by atoms with Crippen LogP contribution < -0.4 is 11.1 Å². The first kappa shape index (κ1) is 18.7. The van der Waals surface area contributed by atoms with Gasteiger partial charge in [-0.25, -0.2) is 4.98 Å². The molecule has 7 heteroatoms. The van der Waals surface area contributed by atoms with Crippen LogP contribution >= 0.6 is 35.5 Å². The smallest absolute Gasteiger partial charge is 0.270 e. The minimum Gasteiger partial charge on any atom is -0.348 e. The maximum atomic E-state index is 11.9. The van der Waals surface area contributed by atoms with Gasteiger partial charge in [-0.2, -0.15) is 11.8 Å². The number of thiazole rings is 1. The molecule has 0 aliphatic heterocycles. The van der Waals surface area contributed by atoms with Crippen LogP contribution in [-0.2, 0) is 6.42 Å². The van der Waals surface area contributed by atoms with E-state index in [1.54, 1.807) is 5.38 Å². The second-order valence-electron chi connectivity index (χ2n) is 4.03. The number of rotatable bonds is 8. The van der Waals surface area contributed by atoms with Crippen LogP contribution in [0.25, 0.3) is 0 Å². The summed E-state index contributed by atoms with van der Waals surface area (Å²) in [5, 5.41) is 5.70. The van der Waals surface area contributed by atoms with Crippen LogP contribution in [0.5, 0.6) is 0 Å². The Morgan fingerprint density at radius 3 is 3.00 bits per heavy atom. The van der Waals surface area contributed by atoms with Crippen molar-refractivity contribution in [1.82, 2.24) is 10.3 Å². The van der Waals surface area contributed by atoms with Crippen LogP contribution in [0.15, 0.2) is 5.38 Å². The fraction of sp³-hybridized carbons (Fsp3) is 0.667. The second-order valence-corrected chi connectivity index (χ2v) is 6.36. The molecule has 0 fully saturated rings. The highest BCUT2D eigenvalue weighted by Gasteiger charge is 2.12. The van der Waals surface area contributed by atoms with Gasteiger partial charge in [0.25, 0.3) is 5.91 Å². The summed E-state index contributed by atoms with van der Waals surface area (Å²) in [6.07, 6.45) is 1.73. The largest absolute Gasteiger partial charge is 0.348 e. The Bertz CT molecular complexity index is 374. The summed E-state index contributed by atoms with van der Waals surface area (Å²) in [5.74, 6) is 2.12. The SMILES string of the molecule is CCSCCC(C)NC(=O)c1csc(CCN)n1.Cl. The first-order chi connectivity index (χ1) is 8.67. The molecule has 1 aromatic heterocycles. The van der Waals surface area contributed by atoms with E-state index in [1.165, 1.54) is 11.3 Å². The van der Waals surface area contributed by atoms with Crippen molar-refractivity contribution in [2.75, 3.05) is 18.1 Å². The van der Waals surface area contributed by atoms with Crippen molar-refractivity contribution in [3.8, 4) is 0 Å². The Labute approximate surface area is 129 Å². The zero-order valence-electron chi connectivity index (χ0n) is 11.3. The molecular weight excluding hydrogens is 302 g/mol. The third-order valence-electron chi connectivity index (χ3n) is 2.42. The average Bonchev–Trinajstić information content (AvgIpc) is 2.78. The van der Waals surface area contributed by atoms with E-state index >= 15 is 0 Å². The Hall–Kier alpha value is -0.300. The maximum Gasteiger partial charge on any atom is 0.270 e. The molecule has 1 atom stereocenters. The lowest BCUT2D eigenvalue weighted by Gasteiger charge is -2.12. The highest BCUT2D eigenvalue weighted by molar-refractivity contribution is 7.99. The van der Waals surface area contributed by atoms with Gasteiger partial charge in [0.2, 0.25) is 0 Å². The molecule has 0 spiro atoms. The topological polar surface area (TPSA) is 68.0 Å². The highest BCUT2D eigenvalue weighted by atomic mass is 35.5. The molecule has 0 saturated heterocycles. The Morgan fingerprint density at radius 2 is 2.37 bits per heavy atom. The van der Waals surface area contributed by atoms with E-state index in [0.717, 1.165) is 29.4 Å². The highest BCUT2D eigenvalue weighted by Crippen LogP contribution is 2.10. The van der Waals surface area contributed by atoms with Crippen LogP contribution in [-0.4, -0.2) is 35.0 Å². The lowest BCUT2D eigenvalue weighted by atomic mass is 10.2. The predicted molar refractivity (Wildman–Crippen MR) is 86.7 cm³/mol. The predicted octanol–water partition coefficient (Wildman–Crippen LogP) is 2.33. The van der Waals surface area contributed by atoms with Crippen molar-refractivity contribution in [3.05, 3.63) is 16.1 Å². The van der Waals surface area contributed by atoms with E-state index in [-0.39, 0.29) is 24.4 Å². The van der Waals surface area contributed by atoms with E-state index in [9.17, 15) is 4.79 Å². The Balaban J connectivity index is 0.00000324. The Morgan fingerprint density at radius 1 is 1.63 bits per heavy atom. The van der Waals surface area contributed by atoms with Crippen LogP contribution in [0.4, 0.5) is 0 Å². The number of hydrogen-bond acceptors (Lipinski definition) is 5. The van der Waals surface area contributed by atoms with E-state index in [4.69, 9.17) is 5.73 Å². The summed E-state index contributed by atoms with van der Waals surface area (Å²) in [6, 6.07) is 0.191. The van der Waals surface area contributed by atoms with Crippen molar-refractivity contribution in [3.63, 3.8) is 0 Å². The van der Waals surface area contributed by atoms with E-state index < -0.39 is 0 Å². The zero-order chi connectivity index (χ0) is 13.4. The van der Waals surface area contributed by atoms with Gasteiger partial charge >= 0.3 is 0 Å². The standard InChI is InChI=1S/C12H21N3OS2.ClH/c1-3-17-7-5-9(2)14-12(16)10-8-18-11(15-10)4-6-13;/h8-9H,3-7,13H2,1-2H3,(H,14,16);1H. The third-order valence-corrected chi connectivity index (χ3v) is 4.26. The number of nitrogens with two attached hydrogens (primary N) is 1. The Kier molecular flexibility index (Phi) is 10.3. The van der Waals surface area contributed by atoms with Crippen LogP contribution in [0.2, 0.25) is 0 Å². The van der Waals surface area contributed by atoms with Gasteiger partial charge in [0, 0.05) is 17.8 Å². The summed E-state index contributed by atoms with van der Waals surface area (Å²) in [4.78, 5) is 16.2. The second kappa shape index (κ2) is 10.5. The fourth-order valence-electron chi connectivity index (χ4n) is 1.43. The summed E-state index contributed by atoms with van der Waals surface area (Å²) in [7, 11) is 0. The minimum atomic E-state index is -0.0801. The number of hydrogen-bond donors (Lipinski definition) is 2. The number of aromatic nitrogens is 1. The van der Waals surface area contributed by atoms with Crippen molar-refractivity contribution in [2.45, 2.75) is 32.7 Å². The molecular formula is C12H22ClN3OS2. The number of nitrogens with zero attached hydrogens (tertiary/aromatic N) is 1. The lowest BCUT2D eigenvalue weighted by molar-refractivity contribution is 0.0935. The minimum absolute atomic E-state index is 0. The van der Waals surface area contributed by atoms with Gasteiger partial charge in [-0.1, -0.05) is 6.92 Å². The van der Waals surface area contributed by atoms with Crippen LogP contribution in [0.1, 0.15) is 35.8 Å². The summed E-state index contributed by atoms with van der Waals surface area (Å²) in [6.45, 7) is 4.74. The molecule has 1 rings (SSSR count). The lowest BCUT2D eigenvalue weighted by Crippen LogP contribution is -2.33. The molecule has 1 unspecified atom stereocenters. The van der Waals surface area contributed by atoms with Crippen molar-refractivity contribution in [1.29, 1.82) is 0 Å². The summed E-state index contributed by atoms with van der Waals surface area (Å²) in [5.41, 5.74) is 5.97. The van der Waals surface area contributed by atoms with Crippen molar-refractivity contribution >= 4 is 41.4 Å². The van der Waals surface area contributed by atoms with Crippen LogP contribution in [0.3, 0.4) is 0 Å². The average molecular weight is 324 g/mol. The van der Waals surface area contributed by atoms with Crippen molar-refractivity contribution in [2.24, 2.45) is 5.73 Å². The number of thioether (sulfide) groups is 1. The third kappa shape index (κ3) is 7.15. The number of nitrogens with one attached hydrogen (secondary N) is 1. The molecule has 4 nitrogen and oxygen atoms in total. The van der Waals surface area contributed by atoms with E-state index in [2.05, 4.69) is 17.2 Å². The monoisotopic (exact) mass is 323 g/mol. The van der Waals surface area contributed by atoms with E-state index in [0.29, 0.717) is 12.2 Å². The summed E-state index contributed by atoms with van der Waals surface area (Å²) < 4.78 is 0. The van der Waals surface area contributed by atoms with Gasteiger partial charge in [-0.05, 0) is 31.4 Å². The molecule has 0 aromatic carbocycles. The molecule has 0 radical (unpaired) electrons. The van der Waals surface area contributed by atoms with Gasteiger partial charge in [0.1, 0.15) is 5.69 Å². The normalized spacial score (nSPS) is 11.7. The van der Waals surface area contributed by atoms with Gasteiger partial charge < -0.3 is 11.1 Å². The molecule has 1 aromatic rings. The van der Waals surface area contributed by atoms with Crippen molar-refractivity contribution < 1.29 is 4.79 Å². The first-order valence-electron chi connectivity index (χ1n) is 6.20. The number of amides is 1. The molecule has 110 valence electrons. The molecule has 0 aliphatic rings. The molecule has 0 bridgehead atoms. The van der Waals surface area contributed by atoms with Gasteiger partial charge in [-0.15, -0.1) is 23.7 Å². The molecule has 1 amide bonds. The first-order valence-corrected chi connectivity index (χ1v) is 8.23. The quantitative estimate of drug-likeness (QED) is 0.720. The van der Waals surface area contributed by atoms with Gasteiger partial charge in [-0.3, -0.25) is 4.79 Å². The van der Waals surface area contributed by atoms with Gasteiger partial charge in [0.15, 0.2) is 0 Å². The number of carbonyl (C=O) groups is 1. The van der Waals surface area contributed by atoms with Crippen LogP contribution in [0, 0.1) is 0 Å². The fourth-order valence-corrected chi connectivity index (χ4v) is 3.03. The molecule has 1 heterocycles. The van der Waals surface area contributed by atoms with E-state index in [1.807, 2.05) is 18.7 Å². The molecule has 3 N–H and O–H groups in total. The zero-order valence-corrected chi connectivity index (χ0v) is 13.8. The molecule has 0 saturated carbocycles. The molecule has 19 heavy (non-hydrogen) atoms. The maximum absolute atomic E-state index is 11.9. The van der Waals surface area contributed by atoms with Gasteiger partial charge in [0.05, 0.1) is 5.01 Å². The number of carbonyl (C=O) groups excluding carboxylic acids is 1. The number of halogens is 1.